The molecule has 0 amide bonds. The van der Waals surface area contributed by atoms with E-state index in [2.05, 4.69) is 68.8 Å². The van der Waals surface area contributed by atoms with Gasteiger partial charge in [0.1, 0.15) is 17.5 Å². The van der Waals surface area contributed by atoms with Crippen molar-refractivity contribution in [1.29, 1.82) is 0 Å². The zero-order chi connectivity index (χ0) is 21.8. The van der Waals surface area contributed by atoms with E-state index in [1.165, 1.54) is 28.0 Å². The van der Waals surface area contributed by atoms with Gasteiger partial charge in [-0.3, -0.25) is 0 Å². The maximum absolute atomic E-state index is 9.23. The van der Waals surface area contributed by atoms with E-state index in [0.717, 1.165) is 49.8 Å². The van der Waals surface area contributed by atoms with Crippen molar-refractivity contribution in [2.75, 3.05) is 29.5 Å². The molecule has 162 valence electrons. The average Bonchev–Trinajstić information content (AvgIpc) is 2.66. The standard InChI is InChI=1S/C25H36N4O/c1-17(2)16-29(25-19(4)13-18(3)14-20(25)5)24-15-23(26-21(6)27-24)28-10-7-22(8-11-28)9-12-30/h13-16,22,30H,7-12H2,1-6H3. The number of hydrogen-bond acceptors (Lipinski definition) is 5. The fourth-order valence-corrected chi connectivity index (χ4v) is 4.51. The topological polar surface area (TPSA) is 52.5 Å². The van der Waals surface area contributed by atoms with Gasteiger partial charge in [0.05, 0.1) is 5.69 Å². The summed E-state index contributed by atoms with van der Waals surface area (Å²) >= 11 is 0. The summed E-state index contributed by atoms with van der Waals surface area (Å²) in [5.74, 6) is 3.31. The van der Waals surface area contributed by atoms with E-state index in [9.17, 15) is 5.11 Å². The van der Waals surface area contributed by atoms with E-state index in [-0.39, 0.29) is 6.61 Å². The number of hydrogen-bond donors (Lipinski definition) is 1. The first kappa shape index (κ1) is 22.3. The van der Waals surface area contributed by atoms with Crippen molar-refractivity contribution in [3.05, 3.63) is 52.5 Å². The van der Waals surface area contributed by atoms with Crippen molar-refractivity contribution in [3.63, 3.8) is 0 Å². The van der Waals surface area contributed by atoms with Crippen LogP contribution >= 0.6 is 0 Å². The maximum Gasteiger partial charge on any atom is 0.142 e. The largest absolute Gasteiger partial charge is 0.396 e. The van der Waals surface area contributed by atoms with Gasteiger partial charge >= 0.3 is 0 Å². The molecule has 0 aliphatic carbocycles. The molecule has 1 fully saturated rings. The second-order valence-corrected chi connectivity index (χ2v) is 8.90. The molecule has 0 atom stereocenters. The van der Waals surface area contributed by atoms with Gasteiger partial charge in [0.2, 0.25) is 0 Å². The number of aliphatic hydroxyl groups excluding tert-OH is 1. The molecule has 1 N–H and O–H groups in total. The Bertz CT molecular complexity index is 886. The van der Waals surface area contributed by atoms with Gasteiger partial charge in [-0.2, -0.15) is 0 Å². The SMILES string of the molecule is CC(C)=CN(c1cc(N2CCC(CCO)CC2)nc(C)n1)c1c(C)cc(C)cc1C. The van der Waals surface area contributed by atoms with Crippen LogP contribution in [0.5, 0.6) is 0 Å². The highest BCUT2D eigenvalue weighted by molar-refractivity contribution is 5.72. The number of aromatic nitrogens is 2. The van der Waals surface area contributed by atoms with E-state index in [1.54, 1.807) is 0 Å². The van der Waals surface area contributed by atoms with Gasteiger partial charge in [-0.25, -0.2) is 9.97 Å². The lowest BCUT2D eigenvalue weighted by molar-refractivity contribution is 0.240. The van der Waals surface area contributed by atoms with E-state index in [1.807, 2.05) is 6.92 Å². The van der Waals surface area contributed by atoms with Crippen molar-refractivity contribution in [2.24, 2.45) is 5.92 Å². The Labute approximate surface area is 181 Å². The van der Waals surface area contributed by atoms with Crippen molar-refractivity contribution in [2.45, 2.75) is 60.8 Å². The number of allylic oxidation sites excluding steroid dienone is 1. The highest BCUT2D eigenvalue weighted by Crippen LogP contribution is 2.34. The van der Waals surface area contributed by atoms with Crippen LogP contribution in [0.1, 0.15) is 55.6 Å². The molecule has 1 aromatic carbocycles. The smallest absolute Gasteiger partial charge is 0.142 e. The Hall–Kier alpha value is -2.40. The van der Waals surface area contributed by atoms with Crippen molar-refractivity contribution >= 4 is 17.3 Å². The molecule has 0 saturated carbocycles. The summed E-state index contributed by atoms with van der Waals surface area (Å²) in [6, 6.07) is 6.58. The van der Waals surface area contributed by atoms with Gasteiger partial charge in [-0.05, 0) is 77.8 Å². The summed E-state index contributed by atoms with van der Waals surface area (Å²) < 4.78 is 0. The maximum atomic E-state index is 9.23. The van der Waals surface area contributed by atoms with Gasteiger partial charge in [0.25, 0.3) is 0 Å². The van der Waals surface area contributed by atoms with E-state index in [4.69, 9.17) is 9.97 Å². The number of piperidine rings is 1. The first-order chi connectivity index (χ1) is 14.3. The lowest BCUT2D eigenvalue weighted by Crippen LogP contribution is -2.34. The van der Waals surface area contributed by atoms with E-state index in [0.29, 0.717) is 5.92 Å². The number of rotatable bonds is 6. The summed E-state index contributed by atoms with van der Waals surface area (Å²) in [4.78, 5) is 14.2. The average molecular weight is 409 g/mol. The van der Waals surface area contributed by atoms with Crippen LogP contribution in [0.2, 0.25) is 0 Å². The van der Waals surface area contributed by atoms with Crippen molar-refractivity contribution in [1.82, 2.24) is 9.97 Å². The van der Waals surface area contributed by atoms with Gasteiger partial charge < -0.3 is 14.9 Å². The normalized spacial score (nSPS) is 14.7. The minimum Gasteiger partial charge on any atom is -0.396 e. The van der Waals surface area contributed by atoms with Crippen molar-refractivity contribution < 1.29 is 5.11 Å². The molecular formula is C25H36N4O. The Morgan fingerprint density at radius 3 is 2.27 bits per heavy atom. The molecule has 0 unspecified atom stereocenters. The predicted molar refractivity (Wildman–Crippen MR) is 126 cm³/mol. The third kappa shape index (κ3) is 5.20. The van der Waals surface area contributed by atoms with E-state index < -0.39 is 0 Å². The number of anilines is 3. The second-order valence-electron chi connectivity index (χ2n) is 8.90. The van der Waals surface area contributed by atoms with Gasteiger partial charge in [-0.1, -0.05) is 23.3 Å². The number of nitrogens with zero attached hydrogens (tertiary/aromatic N) is 4. The molecule has 1 aromatic heterocycles. The van der Waals surface area contributed by atoms with Crippen LogP contribution < -0.4 is 9.80 Å². The molecule has 2 aromatic rings. The molecule has 5 nitrogen and oxygen atoms in total. The summed E-state index contributed by atoms with van der Waals surface area (Å²) in [7, 11) is 0. The number of aliphatic hydroxyl groups is 1. The third-order valence-electron chi connectivity index (χ3n) is 5.80. The molecule has 1 saturated heterocycles. The Morgan fingerprint density at radius 1 is 1.07 bits per heavy atom. The van der Waals surface area contributed by atoms with Gasteiger partial charge in [0.15, 0.2) is 0 Å². The molecule has 0 radical (unpaired) electrons. The number of benzene rings is 1. The lowest BCUT2D eigenvalue weighted by atomic mass is 9.94. The predicted octanol–water partition coefficient (Wildman–Crippen LogP) is 5.37. The Balaban J connectivity index is 1.99. The number of aryl methyl sites for hydroxylation is 4. The zero-order valence-corrected chi connectivity index (χ0v) is 19.4. The minimum absolute atomic E-state index is 0.286. The molecular weight excluding hydrogens is 372 g/mol. The highest BCUT2D eigenvalue weighted by Gasteiger charge is 2.22. The molecule has 0 bridgehead atoms. The summed E-state index contributed by atoms with van der Waals surface area (Å²) in [6.45, 7) is 14.9. The van der Waals surface area contributed by atoms with Crippen LogP contribution in [0.25, 0.3) is 0 Å². The summed E-state index contributed by atoms with van der Waals surface area (Å²) in [6.07, 6.45) is 5.28. The van der Waals surface area contributed by atoms with Crippen LogP contribution in [0, 0.1) is 33.6 Å². The highest BCUT2D eigenvalue weighted by atomic mass is 16.3. The molecule has 30 heavy (non-hydrogen) atoms. The van der Waals surface area contributed by atoms with Crippen LogP contribution in [0.15, 0.2) is 30.0 Å². The summed E-state index contributed by atoms with van der Waals surface area (Å²) in [5.41, 5.74) is 6.17. The fourth-order valence-electron chi connectivity index (χ4n) is 4.51. The Kier molecular flexibility index (Phi) is 7.14. The third-order valence-corrected chi connectivity index (χ3v) is 5.80. The molecule has 0 spiro atoms. The van der Waals surface area contributed by atoms with Gasteiger partial charge in [-0.15, -0.1) is 0 Å². The van der Waals surface area contributed by atoms with Crippen LogP contribution in [0.4, 0.5) is 17.3 Å². The first-order valence-electron chi connectivity index (χ1n) is 11.0. The van der Waals surface area contributed by atoms with Gasteiger partial charge in [0, 0.05) is 32.0 Å². The zero-order valence-electron chi connectivity index (χ0n) is 19.4. The first-order valence-corrected chi connectivity index (χ1v) is 11.0. The van der Waals surface area contributed by atoms with E-state index >= 15 is 0 Å². The molecule has 2 heterocycles. The van der Waals surface area contributed by atoms with Crippen LogP contribution in [0.3, 0.4) is 0 Å². The molecule has 5 heteroatoms. The van der Waals surface area contributed by atoms with Crippen LogP contribution in [-0.4, -0.2) is 34.8 Å². The van der Waals surface area contributed by atoms with Crippen molar-refractivity contribution in [3.8, 4) is 0 Å². The lowest BCUT2D eigenvalue weighted by Gasteiger charge is -2.33. The monoisotopic (exact) mass is 408 g/mol. The molecule has 1 aliphatic rings. The quantitative estimate of drug-likeness (QED) is 0.696. The molecule has 3 rings (SSSR count). The molecule has 1 aliphatic heterocycles. The minimum atomic E-state index is 0.286. The fraction of sp³-hybridized carbons (Fsp3) is 0.520. The Morgan fingerprint density at radius 2 is 1.70 bits per heavy atom. The summed E-state index contributed by atoms with van der Waals surface area (Å²) in [5, 5.41) is 9.23. The second kappa shape index (κ2) is 9.61. The van der Waals surface area contributed by atoms with Crippen LogP contribution in [-0.2, 0) is 0 Å².